The molecule has 0 aromatic heterocycles. The summed E-state index contributed by atoms with van der Waals surface area (Å²) in [6.07, 6.45) is 1.83. The molecule has 1 aliphatic carbocycles. The van der Waals surface area contributed by atoms with Crippen molar-refractivity contribution in [3.05, 3.63) is 0 Å². The maximum Gasteiger partial charge on any atom is 0.307 e. The number of aliphatic carboxylic acids is 1. The van der Waals surface area contributed by atoms with Crippen molar-refractivity contribution in [3.63, 3.8) is 0 Å². The fourth-order valence-electron chi connectivity index (χ4n) is 3.17. The first-order valence-corrected chi connectivity index (χ1v) is 6.52. The molecule has 1 amide bonds. The fourth-order valence-corrected chi connectivity index (χ4v) is 3.17. The zero-order chi connectivity index (χ0) is 13.5. The Hall–Kier alpha value is -1.10. The van der Waals surface area contributed by atoms with Crippen LogP contribution in [0, 0.1) is 23.2 Å². The highest BCUT2D eigenvalue weighted by Gasteiger charge is 2.66. The topological polar surface area (TPSA) is 77.8 Å². The SMILES string of the molecule is CC1(C)[C@H](C(=O)O)[C@@H]1C(=O)N1CCCC(CO)C1. The van der Waals surface area contributed by atoms with Gasteiger partial charge in [0.2, 0.25) is 5.91 Å². The molecule has 2 rings (SSSR count). The number of carbonyl (C=O) groups is 2. The molecule has 102 valence electrons. The van der Waals surface area contributed by atoms with Crippen LogP contribution < -0.4 is 0 Å². The van der Waals surface area contributed by atoms with E-state index < -0.39 is 23.2 Å². The van der Waals surface area contributed by atoms with Crippen LogP contribution in [0.2, 0.25) is 0 Å². The lowest BCUT2D eigenvalue weighted by Crippen LogP contribution is -2.42. The van der Waals surface area contributed by atoms with Crippen LogP contribution in [-0.2, 0) is 9.59 Å². The number of hydrogen-bond acceptors (Lipinski definition) is 3. The molecule has 0 spiro atoms. The second kappa shape index (κ2) is 4.53. The number of rotatable bonds is 3. The third-order valence-corrected chi connectivity index (χ3v) is 4.45. The van der Waals surface area contributed by atoms with E-state index in [0.717, 1.165) is 12.8 Å². The van der Waals surface area contributed by atoms with E-state index in [2.05, 4.69) is 0 Å². The maximum atomic E-state index is 12.3. The van der Waals surface area contributed by atoms with Crippen LogP contribution in [0.3, 0.4) is 0 Å². The number of hydrogen-bond donors (Lipinski definition) is 2. The lowest BCUT2D eigenvalue weighted by Gasteiger charge is -2.32. The van der Waals surface area contributed by atoms with Crippen LogP contribution >= 0.6 is 0 Å². The zero-order valence-electron chi connectivity index (χ0n) is 10.9. The van der Waals surface area contributed by atoms with Gasteiger partial charge in [0.25, 0.3) is 0 Å². The van der Waals surface area contributed by atoms with E-state index in [9.17, 15) is 9.59 Å². The predicted octanol–water partition coefficient (Wildman–Crippen LogP) is 0.574. The smallest absolute Gasteiger partial charge is 0.307 e. The molecule has 1 heterocycles. The Bertz CT molecular complexity index is 366. The van der Waals surface area contributed by atoms with E-state index >= 15 is 0 Å². The largest absolute Gasteiger partial charge is 0.481 e. The van der Waals surface area contributed by atoms with Crippen molar-refractivity contribution in [2.24, 2.45) is 23.2 Å². The predicted molar refractivity (Wildman–Crippen MR) is 64.8 cm³/mol. The Morgan fingerprint density at radius 2 is 2.00 bits per heavy atom. The Labute approximate surface area is 107 Å². The molecule has 3 atom stereocenters. The number of carboxylic acids is 1. The number of amides is 1. The molecule has 1 unspecified atom stereocenters. The van der Waals surface area contributed by atoms with Gasteiger partial charge in [0.15, 0.2) is 0 Å². The van der Waals surface area contributed by atoms with Gasteiger partial charge in [-0.05, 0) is 24.2 Å². The van der Waals surface area contributed by atoms with Crippen molar-refractivity contribution in [2.45, 2.75) is 26.7 Å². The minimum Gasteiger partial charge on any atom is -0.481 e. The van der Waals surface area contributed by atoms with Gasteiger partial charge in [-0.1, -0.05) is 13.8 Å². The number of carbonyl (C=O) groups excluding carboxylic acids is 1. The third kappa shape index (κ3) is 2.11. The van der Waals surface area contributed by atoms with Gasteiger partial charge in [-0.2, -0.15) is 0 Å². The molecular formula is C13H21NO4. The van der Waals surface area contributed by atoms with Crippen LogP contribution in [0.15, 0.2) is 0 Å². The molecule has 1 saturated carbocycles. The Morgan fingerprint density at radius 3 is 2.50 bits per heavy atom. The number of nitrogens with zero attached hydrogens (tertiary/aromatic N) is 1. The average molecular weight is 255 g/mol. The van der Waals surface area contributed by atoms with E-state index in [4.69, 9.17) is 10.2 Å². The van der Waals surface area contributed by atoms with E-state index in [1.54, 1.807) is 4.90 Å². The second-order valence-corrected chi connectivity index (χ2v) is 6.09. The first-order valence-electron chi connectivity index (χ1n) is 6.52. The molecule has 2 fully saturated rings. The zero-order valence-corrected chi connectivity index (χ0v) is 10.9. The quantitative estimate of drug-likeness (QED) is 0.773. The first kappa shape index (κ1) is 13.3. The summed E-state index contributed by atoms with van der Waals surface area (Å²) in [5.41, 5.74) is -0.435. The lowest BCUT2D eigenvalue weighted by atomic mass is 9.98. The summed E-state index contributed by atoms with van der Waals surface area (Å²) in [7, 11) is 0. The van der Waals surface area contributed by atoms with E-state index in [1.165, 1.54) is 0 Å². The van der Waals surface area contributed by atoms with E-state index in [0.29, 0.717) is 13.1 Å². The van der Waals surface area contributed by atoms with Crippen molar-refractivity contribution in [1.82, 2.24) is 4.90 Å². The lowest BCUT2D eigenvalue weighted by molar-refractivity contribution is -0.142. The first-order chi connectivity index (χ1) is 8.39. The van der Waals surface area contributed by atoms with Crippen molar-refractivity contribution >= 4 is 11.9 Å². The molecule has 1 aliphatic heterocycles. The molecule has 5 nitrogen and oxygen atoms in total. The van der Waals surface area contributed by atoms with Crippen molar-refractivity contribution in [1.29, 1.82) is 0 Å². The minimum atomic E-state index is -0.880. The van der Waals surface area contributed by atoms with Gasteiger partial charge in [-0.25, -0.2) is 0 Å². The van der Waals surface area contributed by atoms with Crippen LogP contribution in [0.1, 0.15) is 26.7 Å². The molecule has 2 aliphatic rings. The van der Waals surface area contributed by atoms with Crippen molar-refractivity contribution in [3.8, 4) is 0 Å². The molecule has 0 bridgehead atoms. The number of likely N-dealkylation sites (tertiary alicyclic amines) is 1. The Balaban J connectivity index is 2.02. The number of carboxylic acid groups (broad SMARTS) is 1. The van der Waals surface area contributed by atoms with Gasteiger partial charge >= 0.3 is 5.97 Å². The van der Waals surface area contributed by atoms with Gasteiger partial charge in [0.05, 0.1) is 11.8 Å². The van der Waals surface area contributed by atoms with Crippen LogP contribution in [-0.4, -0.2) is 46.7 Å². The summed E-state index contributed by atoms with van der Waals surface area (Å²) >= 11 is 0. The highest BCUT2D eigenvalue weighted by molar-refractivity contribution is 5.91. The molecule has 2 N–H and O–H groups in total. The second-order valence-electron chi connectivity index (χ2n) is 6.09. The molecule has 1 saturated heterocycles. The van der Waals surface area contributed by atoms with Crippen molar-refractivity contribution < 1.29 is 19.8 Å². The molecule has 0 aromatic carbocycles. The Morgan fingerprint density at radius 1 is 1.33 bits per heavy atom. The van der Waals surface area contributed by atoms with E-state index in [-0.39, 0.29) is 18.4 Å². The summed E-state index contributed by atoms with van der Waals surface area (Å²) < 4.78 is 0. The molecule has 0 radical (unpaired) electrons. The van der Waals surface area contributed by atoms with Crippen LogP contribution in [0.5, 0.6) is 0 Å². The standard InChI is InChI=1S/C13H21NO4/c1-13(2)9(10(13)12(17)18)11(16)14-5-3-4-8(6-14)7-15/h8-10,15H,3-7H2,1-2H3,(H,17,18)/t8?,9-,10+/m1/s1. The van der Waals surface area contributed by atoms with Gasteiger partial charge in [0.1, 0.15) is 0 Å². The highest BCUT2D eigenvalue weighted by Crippen LogP contribution is 2.59. The minimum absolute atomic E-state index is 0.0504. The number of piperidine rings is 1. The summed E-state index contributed by atoms with van der Waals surface area (Å²) in [5.74, 6) is -1.74. The fraction of sp³-hybridized carbons (Fsp3) is 0.846. The third-order valence-electron chi connectivity index (χ3n) is 4.45. The number of aliphatic hydroxyl groups excluding tert-OH is 1. The molecule has 0 aromatic rings. The summed E-state index contributed by atoms with van der Waals surface area (Å²) in [5, 5.41) is 18.2. The monoisotopic (exact) mass is 255 g/mol. The molecule has 5 heteroatoms. The van der Waals surface area contributed by atoms with Crippen molar-refractivity contribution in [2.75, 3.05) is 19.7 Å². The molecule has 18 heavy (non-hydrogen) atoms. The maximum absolute atomic E-state index is 12.3. The average Bonchev–Trinajstić information content (AvgIpc) is 2.91. The van der Waals surface area contributed by atoms with Gasteiger partial charge in [-0.15, -0.1) is 0 Å². The number of aliphatic hydroxyl groups is 1. The summed E-state index contributed by atoms with van der Waals surface area (Å²) in [6, 6.07) is 0. The normalized spacial score (nSPS) is 34.2. The summed E-state index contributed by atoms with van der Waals surface area (Å²) in [6.45, 7) is 5.02. The molecular weight excluding hydrogens is 234 g/mol. The van der Waals surface area contributed by atoms with Gasteiger partial charge < -0.3 is 15.1 Å². The van der Waals surface area contributed by atoms with Gasteiger partial charge in [-0.3, -0.25) is 9.59 Å². The summed E-state index contributed by atoms with van der Waals surface area (Å²) in [4.78, 5) is 25.2. The van der Waals surface area contributed by atoms with Crippen LogP contribution in [0.4, 0.5) is 0 Å². The Kier molecular flexibility index (Phi) is 3.36. The van der Waals surface area contributed by atoms with Crippen LogP contribution in [0.25, 0.3) is 0 Å². The highest BCUT2D eigenvalue weighted by atomic mass is 16.4. The van der Waals surface area contributed by atoms with E-state index in [1.807, 2.05) is 13.8 Å². The van der Waals surface area contributed by atoms with Gasteiger partial charge in [0, 0.05) is 19.7 Å².